The molecular formula is C17H34N2. The maximum Gasteiger partial charge on any atom is 0.0107 e. The second kappa shape index (κ2) is 8.97. The van der Waals surface area contributed by atoms with Crippen LogP contribution in [-0.4, -0.2) is 37.1 Å². The molecule has 112 valence electrons. The minimum absolute atomic E-state index is 0.790. The number of rotatable bonds is 4. The summed E-state index contributed by atoms with van der Waals surface area (Å²) < 4.78 is 0. The van der Waals surface area contributed by atoms with Crippen LogP contribution in [0.1, 0.15) is 71.1 Å². The third kappa shape index (κ3) is 5.43. The van der Waals surface area contributed by atoms with Gasteiger partial charge in [0, 0.05) is 12.6 Å². The predicted molar refractivity (Wildman–Crippen MR) is 83.6 cm³/mol. The van der Waals surface area contributed by atoms with Crippen molar-refractivity contribution in [1.29, 1.82) is 0 Å². The summed E-state index contributed by atoms with van der Waals surface area (Å²) in [5, 5.41) is 3.77. The van der Waals surface area contributed by atoms with E-state index in [1.54, 1.807) is 0 Å². The van der Waals surface area contributed by atoms with Crippen molar-refractivity contribution in [1.82, 2.24) is 10.2 Å². The van der Waals surface area contributed by atoms with Crippen LogP contribution in [-0.2, 0) is 0 Å². The van der Waals surface area contributed by atoms with Gasteiger partial charge < -0.3 is 10.2 Å². The van der Waals surface area contributed by atoms with Gasteiger partial charge in [-0.3, -0.25) is 0 Å². The summed E-state index contributed by atoms with van der Waals surface area (Å²) in [6.45, 7) is 7.47. The van der Waals surface area contributed by atoms with E-state index < -0.39 is 0 Å². The maximum atomic E-state index is 3.77. The van der Waals surface area contributed by atoms with E-state index in [9.17, 15) is 0 Å². The maximum absolute atomic E-state index is 3.77. The van der Waals surface area contributed by atoms with E-state index in [-0.39, 0.29) is 0 Å². The van der Waals surface area contributed by atoms with Crippen LogP contribution in [0.2, 0.25) is 0 Å². The van der Waals surface area contributed by atoms with Crippen LogP contribution in [0.25, 0.3) is 0 Å². The first-order chi connectivity index (χ1) is 9.40. The molecule has 2 unspecified atom stereocenters. The SMILES string of the molecule is CCNC1CCCCCC1CN1CCCCCCC1. The Morgan fingerprint density at radius 2 is 1.47 bits per heavy atom. The molecule has 0 spiro atoms. The molecule has 2 atom stereocenters. The van der Waals surface area contributed by atoms with E-state index in [4.69, 9.17) is 0 Å². The molecule has 0 aromatic rings. The average Bonchev–Trinajstić information content (AvgIpc) is 2.59. The molecule has 1 N–H and O–H groups in total. The van der Waals surface area contributed by atoms with E-state index >= 15 is 0 Å². The molecule has 1 saturated heterocycles. The highest BCUT2D eigenvalue weighted by Gasteiger charge is 2.24. The highest BCUT2D eigenvalue weighted by Crippen LogP contribution is 2.25. The van der Waals surface area contributed by atoms with E-state index in [2.05, 4.69) is 17.1 Å². The Morgan fingerprint density at radius 1 is 0.842 bits per heavy atom. The Kier molecular flexibility index (Phi) is 7.23. The van der Waals surface area contributed by atoms with Crippen LogP contribution in [0.5, 0.6) is 0 Å². The van der Waals surface area contributed by atoms with Gasteiger partial charge in [0.2, 0.25) is 0 Å². The van der Waals surface area contributed by atoms with Crippen LogP contribution >= 0.6 is 0 Å². The minimum Gasteiger partial charge on any atom is -0.314 e. The zero-order valence-electron chi connectivity index (χ0n) is 13.0. The molecule has 0 radical (unpaired) electrons. The van der Waals surface area contributed by atoms with E-state index in [1.807, 2.05) is 0 Å². The fraction of sp³-hybridized carbons (Fsp3) is 1.00. The Labute approximate surface area is 120 Å². The van der Waals surface area contributed by atoms with Gasteiger partial charge in [-0.25, -0.2) is 0 Å². The number of hydrogen-bond acceptors (Lipinski definition) is 2. The Hall–Kier alpha value is -0.0800. The Bertz CT molecular complexity index is 221. The molecule has 0 aromatic carbocycles. The lowest BCUT2D eigenvalue weighted by Gasteiger charge is -2.33. The van der Waals surface area contributed by atoms with Crippen molar-refractivity contribution < 1.29 is 0 Å². The van der Waals surface area contributed by atoms with Gasteiger partial charge in [0.1, 0.15) is 0 Å². The van der Waals surface area contributed by atoms with E-state index in [1.165, 1.54) is 83.8 Å². The quantitative estimate of drug-likeness (QED) is 0.778. The third-order valence-electron chi connectivity index (χ3n) is 5.07. The number of hydrogen-bond donors (Lipinski definition) is 1. The van der Waals surface area contributed by atoms with Gasteiger partial charge in [0.05, 0.1) is 0 Å². The van der Waals surface area contributed by atoms with Crippen LogP contribution < -0.4 is 5.32 Å². The number of nitrogens with zero attached hydrogens (tertiary/aromatic N) is 1. The molecule has 2 aliphatic rings. The molecule has 2 fully saturated rings. The summed E-state index contributed by atoms with van der Waals surface area (Å²) in [6, 6.07) is 0.790. The summed E-state index contributed by atoms with van der Waals surface area (Å²) in [7, 11) is 0. The van der Waals surface area contributed by atoms with Gasteiger partial charge in [-0.2, -0.15) is 0 Å². The highest BCUT2D eigenvalue weighted by molar-refractivity contribution is 4.82. The van der Waals surface area contributed by atoms with Crippen molar-refractivity contribution in [3.05, 3.63) is 0 Å². The second-order valence-corrected chi connectivity index (χ2v) is 6.63. The molecule has 1 heterocycles. The predicted octanol–water partition coefficient (Wildman–Crippen LogP) is 3.81. The topological polar surface area (TPSA) is 15.3 Å². The third-order valence-corrected chi connectivity index (χ3v) is 5.07. The largest absolute Gasteiger partial charge is 0.314 e. The number of likely N-dealkylation sites (tertiary alicyclic amines) is 1. The molecule has 1 aliphatic heterocycles. The fourth-order valence-electron chi connectivity index (χ4n) is 3.96. The summed E-state index contributed by atoms with van der Waals surface area (Å²) in [5.74, 6) is 0.905. The molecule has 0 aromatic heterocycles. The second-order valence-electron chi connectivity index (χ2n) is 6.63. The van der Waals surface area contributed by atoms with E-state index in [0.29, 0.717) is 0 Å². The van der Waals surface area contributed by atoms with Crippen LogP contribution in [0.4, 0.5) is 0 Å². The number of nitrogens with one attached hydrogen (secondary N) is 1. The van der Waals surface area contributed by atoms with Crippen molar-refractivity contribution in [3.8, 4) is 0 Å². The fourth-order valence-corrected chi connectivity index (χ4v) is 3.96. The molecule has 19 heavy (non-hydrogen) atoms. The van der Waals surface area contributed by atoms with Crippen LogP contribution in [0.3, 0.4) is 0 Å². The van der Waals surface area contributed by atoms with Gasteiger partial charge in [0.15, 0.2) is 0 Å². The monoisotopic (exact) mass is 266 g/mol. The zero-order chi connectivity index (χ0) is 13.3. The summed E-state index contributed by atoms with van der Waals surface area (Å²) in [6.07, 6.45) is 14.5. The van der Waals surface area contributed by atoms with Crippen molar-refractivity contribution in [3.63, 3.8) is 0 Å². The summed E-state index contributed by atoms with van der Waals surface area (Å²) in [5.41, 5.74) is 0. The normalized spacial score (nSPS) is 31.4. The standard InChI is InChI=1S/C17H34N2/c1-2-18-17-12-8-6-7-11-16(17)15-19-13-9-4-3-5-10-14-19/h16-18H,2-15H2,1H3. The summed E-state index contributed by atoms with van der Waals surface area (Å²) >= 11 is 0. The van der Waals surface area contributed by atoms with Crippen LogP contribution in [0.15, 0.2) is 0 Å². The smallest absolute Gasteiger partial charge is 0.0107 e. The highest BCUT2D eigenvalue weighted by atomic mass is 15.1. The van der Waals surface area contributed by atoms with Gasteiger partial charge in [-0.15, -0.1) is 0 Å². The first-order valence-corrected chi connectivity index (χ1v) is 8.86. The van der Waals surface area contributed by atoms with E-state index in [0.717, 1.165) is 18.5 Å². The first kappa shape index (κ1) is 15.3. The molecule has 1 saturated carbocycles. The molecule has 2 rings (SSSR count). The molecular weight excluding hydrogens is 232 g/mol. The lowest BCUT2D eigenvalue weighted by atomic mass is 9.93. The molecule has 2 nitrogen and oxygen atoms in total. The molecule has 0 bridgehead atoms. The average molecular weight is 266 g/mol. The molecule has 1 aliphatic carbocycles. The van der Waals surface area contributed by atoms with Crippen molar-refractivity contribution in [2.45, 2.75) is 77.2 Å². The minimum atomic E-state index is 0.790. The lowest BCUT2D eigenvalue weighted by Crippen LogP contribution is -2.42. The van der Waals surface area contributed by atoms with Gasteiger partial charge in [0.25, 0.3) is 0 Å². The summed E-state index contributed by atoms with van der Waals surface area (Å²) in [4.78, 5) is 2.78. The van der Waals surface area contributed by atoms with Gasteiger partial charge >= 0.3 is 0 Å². The van der Waals surface area contributed by atoms with Crippen molar-refractivity contribution in [2.75, 3.05) is 26.2 Å². The van der Waals surface area contributed by atoms with Gasteiger partial charge in [-0.05, 0) is 51.2 Å². The molecule has 2 heteroatoms. The van der Waals surface area contributed by atoms with Crippen molar-refractivity contribution >= 4 is 0 Å². The Balaban J connectivity index is 1.85. The van der Waals surface area contributed by atoms with Gasteiger partial charge in [-0.1, -0.05) is 45.4 Å². The first-order valence-electron chi connectivity index (χ1n) is 8.86. The molecule has 0 amide bonds. The Morgan fingerprint density at radius 3 is 2.21 bits per heavy atom. The zero-order valence-corrected chi connectivity index (χ0v) is 13.0. The van der Waals surface area contributed by atoms with Crippen molar-refractivity contribution in [2.24, 2.45) is 5.92 Å². The van der Waals surface area contributed by atoms with Crippen LogP contribution in [0, 0.1) is 5.92 Å². The lowest BCUT2D eigenvalue weighted by molar-refractivity contribution is 0.181.